The summed E-state index contributed by atoms with van der Waals surface area (Å²) in [6.07, 6.45) is 1.55. The maximum Gasteiger partial charge on any atom is 0.248 e. The Kier molecular flexibility index (Phi) is 7.24. The van der Waals surface area contributed by atoms with Gasteiger partial charge in [-0.1, -0.05) is 41.9 Å². The van der Waals surface area contributed by atoms with Crippen molar-refractivity contribution in [3.63, 3.8) is 0 Å². The Labute approximate surface area is 208 Å². The maximum absolute atomic E-state index is 13.7. The van der Waals surface area contributed by atoms with Crippen molar-refractivity contribution in [3.8, 4) is 0 Å². The van der Waals surface area contributed by atoms with Crippen LogP contribution in [0.4, 0.5) is 0 Å². The Bertz CT molecular complexity index is 1210. The first-order valence-corrected chi connectivity index (χ1v) is 12.6. The predicted octanol–water partition coefficient (Wildman–Crippen LogP) is 4.38. The molecule has 0 aliphatic carbocycles. The summed E-state index contributed by atoms with van der Waals surface area (Å²) in [7, 11) is 0. The highest BCUT2D eigenvalue weighted by atomic mass is 35.5. The second kappa shape index (κ2) is 10.2. The van der Waals surface area contributed by atoms with Crippen molar-refractivity contribution in [2.45, 2.75) is 44.7 Å². The van der Waals surface area contributed by atoms with E-state index in [-0.39, 0.29) is 24.7 Å². The molecule has 1 aliphatic rings. The summed E-state index contributed by atoms with van der Waals surface area (Å²) in [6.45, 7) is 3.16. The van der Waals surface area contributed by atoms with Gasteiger partial charge in [-0.2, -0.15) is 0 Å². The van der Waals surface area contributed by atoms with Gasteiger partial charge in [0.25, 0.3) is 0 Å². The molecule has 2 heterocycles. The molecular weight excluding hydrogens is 470 g/mol. The third-order valence-electron chi connectivity index (χ3n) is 6.51. The average Bonchev–Trinajstić information content (AvgIpc) is 3.20. The van der Waals surface area contributed by atoms with E-state index in [4.69, 9.17) is 17.3 Å². The van der Waals surface area contributed by atoms with Crippen LogP contribution in [0.1, 0.15) is 37.3 Å². The summed E-state index contributed by atoms with van der Waals surface area (Å²) in [5.74, 6) is -0.551. The lowest BCUT2D eigenvalue weighted by atomic mass is 9.84. The van der Waals surface area contributed by atoms with Crippen LogP contribution in [-0.4, -0.2) is 46.1 Å². The number of hydrogen-bond donors (Lipinski definition) is 1. The van der Waals surface area contributed by atoms with E-state index in [1.165, 1.54) is 0 Å². The first-order chi connectivity index (χ1) is 16.3. The number of rotatable bonds is 9. The van der Waals surface area contributed by atoms with Crippen LogP contribution >= 0.6 is 22.9 Å². The normalized spacial score (nSPS) is 17.4. The number of nitrogens with zero attached hydrogens (tertiary/aromatic N) is 2. The third-order valence-corrected chi connectivity index (χ3v) is 7.77. The van der Waals surface area contributed by atoms with Gasteiger partial charge in [-0.25, -0.2) is 0 Å². The van der Waals surface area contributed by atoms with Gasteiger partial charge >= 0.3 is 0 Å². The molecule has 0 saturated carbocycles. The molecule has 1 atom stereocenters. The molecule has 1 fully saturated rings. The number of halogens is 1. The number of thiophene rings is 1. The number of likely N-dealkylation sites (tertiary alicyclic amines) is 1. The van der Waals surface area contributed by atoms with Crippen molar-refractivity contribution >= 4 is 50.7 Å². The largest absolute Gasteiger partial charge is 0.370 e. The Morgan fingerprint density at radius 1 is 1.15 bits per heavy atom. The number of carbonyl (C=O) groups is 3. The Morgan fingerprint density at radius 2 is 1.88 bits per heavy atom. The van der Waals surface area contributed by atoms with E-state index in [0.29, 0.717) is 37.5 Å². The van der Waals surface area contributed by atoms with Crippen molar-refractivity contribution in [1.29, 1.82) is 0 Å². The van der Waals surface area contributed by atoms with E-state index in [1.807, 2.05) is 48.7 Å². The first kappa shape index (κ1) is 24.2. The van der Waals surface area contributed by atoms with Gasteiger partial charge in [-0.15, -0.1) is 11.3 Å². The standard InChI is InChI=1S/C26H28ClN3O3S/c1-26(12-14-30(26)24(32)15-19-17-34-22-6-3-2-5-21(19)22)25(33)29(13-4-7-23(28)31)16-18-8-10-20(27)11-9-18/h2-3,5-6,8-11,17H,4,7,12-16H2,1H3,(H2,28,31). The number of carbonyl (C=O) groups excluding carboxylic acids is 3. The van der Waals surface area contributed by atoms with Crippen LogP contribution in [0, 0.1) is 0 Å². The number of nitrogens with two attached hydrogens (primary N) is 1. The van der Waals surface area contributed by atoms with E-state index in [0.717, 1.165) is 21.2 Å². The number of amides is 3. The summed E-state index contributed by atoms with van der Waals surface area (Å²) >= 11 is 7.63. The molecule has 178 valence electrons. The van der Waals surface area contributed by atoms with E-state index >= 15 is 0 Å². The zero-order valence-electron chi connectivity index (χ0n) is 19.1. The topological polar surface area (TPSA) is 83.7 Å². The van der Waals surface area contributed by atoms with Gasteiger partial charge in [0.15, 0.2) is 0 Å². The van der Waals surface area contributed by atoms with Gasteiger partial charge in [-0.05, 0) is 59.9 Å². The summed E-state index contributed by atoms with van der Waals surface area (Å²) in [4.78, 5) is 41.7. The molecule has 3 amide bonds. The van der Waals surface area contributed by atoms with Crippen molar-refractivity contribution in [2.24, 2.45) is 5.73 Å². The molecule has 8 heteroatoms. The highest BCUT2D eigenvalue weighted by Crippen LogP contribution is 2.35. The molecule has 1 aliphatic heterocycles. The zero-order chi connectivity index (χ0) is 24.3. The van der Waals surface area contributed by atoms with Gasteiger partial charge in [-0.3, -0.25) is 14.4 Å². The lowest BCUT2D eigenvalue weighted by Crippen LogP contribution is -2.68. The SMILES string of the molecule is CC1(C(=O)N(CCCC(N)=O)Cc2ccc(Cl)cc2)CCN1C(=O)Cc1csc2ccccc12. The van der Waals surface area contributed by atoms with E-state index in [9.17, 15) is 14.4 Å². The average molecular weight is 498 g/mol. The van der Waals surface area contributed by atoms with Gasteiger partial charge in [0.1, 0.15) is 5.54 Å². The van der Waals surface area contributed by atoms with Crippen molar-refractivity contribution < 1.29 is 14.4 Å². The van der Waals surface area contributed by atoms with Crippen LogP contribution in [0.15, 0.2) is 53.9 Å². The second-order valence-corrected chi connectivity index (χ2v) is 10.3. The maximum atomic E-state index is 13.7. The third kappa shape index (κ3) is 5.10. The fraction of sp³-hybridized carbons (Fsp3) is 0.346. The molecule has 1 aromatic heterocycles. The van der Waals surface area contributed by atoms with E-state index in [2.05, 4.69) is 0 Å². The number of primary amides is 1. The Hall–Kier alpha value is -2.90. The second-order valence-electron chi connectivity index (χ2n) is 8.93. The van der Waals surface area contributed by atoms with Gasteiger partial charge in [0, 0.05) is 35.8 Å². The Morgan fingerprint density at radius 3 is 2.56 bits per heavy atom. The molecule has 1 saturated heterocycles. The van der Waals surface area contributed by atoms with Gasteiger partial charge < -0.3 is 15.5 Å². The molecule has 4 rings (SSSR count). The molecule has 2 aromatic carbocycles. The van der Waals surface area contributed by atoms with Crippen LogP contribution in [-0.2, 0) is 27.3 Å². The zero-order valence-corrected chi connectivity index (χ0v) is 20.7. The number of fused-ring (bicyclic) bond motifs is 1. The van der Waals surface area contributed by atoms with E-state index < -0.39 is 11.4 Å². The van der Waals surface area contributed by atoms with E-state index in [1.54, 1.807) is 33.3 Å². The van der Waals surface area contributed by atoms with Crippen LogP contribution in [0.25, 0.3) is 10.1 Å². The quantitative estimate of drug-likeness (QED) is 0.476. The predicted molar refractivity (Wildman–Crippen MR) is 136 cm³/mol. The first-order valence-electron chi connectivity index (χ1n) is 11.4. The minimum Gasteiger partial charge on any atom is -0.370 e. The summed E-state index contributed by atoms with van der Waals surface area (Å²) in [5.41, 5.74) is 6.33. The van der Waals surface area contributed by atoms with Gasteiger partial charge in [0.05, 0.1) is 6.42 Å². The number of benzene rings is 2. The molecular formula is C26H28ClN3O3S. The Balaban J connectivity index is 1.50. The van der Waals surface area contributed by atoms with Crippen molar-refractivity contribution in [2.75, 3.05) is 13.1 Å². The summed E-state index contributed by atoms with van der Waals surface area (Å²) < 4.78 is 1.15. The minimum atomic E-state index is -0.901. The molecule has 0 bridgehead atoms. The molecule has 6 nitrogen and oxygen atoms in total. The highest BCUT2D eigenvalue weighted by Gasteiger charge is 2.50. The molecule has 2 N–H and O–H groups in total. The van der Waals surface area contributed by atoms with Crippen LogP contribution in [0.2, 0.25) is 5.02 Å². The monoisotopic (exact) mass is 497 g/mol. The fourth-order valence-electron chi connectivity index (χ4n) is 4.46. The molecule has 0 spiro atoms. The molecule has 3 aromatic rings. The molecule has 1 unspecified atom stereocenters. The van der Waals surface area contributed by atoms with Crippen molar-refractivity contribution in [3.05, 3.63) is 70.1 Å². The van der Waals surface area contributed by atoms with Gasteiger partial charge in [0.2, 0.25) is 17.7 Å². The van der Waals surface area contributed by atoms with Crippen molar-refractivity contribution in [1.82, 2.24) is 9.80 Å². The lowest BCUT2D eigenvalue weighted by Gasteiger charge is -2.51. The summed E-state index contributed by atoms with van der Waals surface area (Å²) in [5, 5.41) is 3.74. The lowest BCUT2D eigenvalue weighted by molar-refractivity contribution is -0.164. The highest BCUT2D eigenvalue weighted by molar-refractivity contribution is 7.17. The fourth-order valence-corrected chi connectivity index (χ4v) is 5.55. The number of hydrogen-bond acceptors (Lipinski definition) is 4. The smallest absolute Gasteiger partial charge is 0.248 e. The van der Waals surface area contributed by atoms with Crippen LogP contribution < -0.4 is 5.73 Å². The van der Waals surface area contributed by atoms with Crippen LogP contribution in [0.3, 0.4) is 0 Å². The minimum absolute atomic E-state index is 0.0470. The molecule has 0 radical (unpaired) electrons. The van der Waals surface area contributed by atoms with Crippen LogP contribution in [0.5, 0.6) is 0 Å². The molecule has 34 heavy (non-hydrogen) atoms. The summed E-state index contributed by atoms with van der Waals surface area (Å²) in [6, 6.07) is 15.4.